The third-order valence-corrected chi connectivity index (χ3v) is 7.85. The lowest BCUT2D eigenvalue weighted by Gasteiger charge is -2.34. The van der Waals surface area contributed by atoms with Crippen LogP contribution in [0.2, 0.25) is 5.02 Å². The molecule has 0 bridgehead atoms. The number of thiazole rings is 1. The molecular formula is C27H28ClF2N5O4S. The number of amidine groups is 1. The van der Waals surface area contributed by atoms with Crippen LogP contribution in [0.1, 0.15) is 56.1 Å². The molecule has 4 N–H and O–H groups in total. The Balaban J connectivity index is 1.84. The smallest absolute Gasteiger partial charge is 0.338 e. The van der Waals surface area contributed by atoms with Gasteiger partial charge in [-0.25, -0.2) is 18.6 Å². The number of esters is 1. The van der Waals surface area contributed by atoms with Gasteiger partial charge >= 0.3 is 11.9 Å². The van der Waals surface area contributed by atoms with Crippen molar-refractivity contribution in [3.05, 3.63) is 73.5 Å². The fourth-order valence-corrected chi connectivity index (χ4v) is 5.59. The number of halogens is 3. The van der Waals surface area contributed by atoms with E-state index in [2.05, 4.69) is 20.3 Å². The number of hydrogen-bond acceptors (Lipinski definition) is 9. The van der Waals surface area contributed by atoms with Crippen LogP contribution in [-0.4, -0.2) is 46.7 Å². The van der Waals surface area contributed by atoms with Crippen LogP contribution in [0, 0.1) is 17.6 Å². The minimum absolute atomic E-state index is 0.0784. The number of carbonyl (C=O) groups is 2. The quantitative estimate of drug-likeness (QED) is 0.213. The van der Waals surface area contributed by atoms with E-state index in [0.29, 0.717) is 47.2 Å². The molecule has 2 heterocycles. The predicted octanol–water partition coefficient (Wildman–Crippen LogP) is 4.93. The number of rotatable bonds is 9. The number of benzene rings is 1. The van der Waals surface area contributed by atoms with Gasteiger partial charge in [-0.05, 0) is 44.7 Å². The molecule has 0 saturated heterocycles. The van der Waals surface area contributed by atoms with Crippen LogP contribution in [-0.2, 0) is 14.3 Å². The number of nitrogens with zero attached hydrogens (tertiary/aromatic N) is 3. The van der Waals surface area contributed by atoms with Crippen LogP contribution >= 0.6 is 22.9 Å². The number of carboxylic acids is 1. The van der Waals surface area contributed by atoms with Crippen LogP contribution in [0.4, 0.5) is 8.78 Å². The van der Waals surface area contributed by atoms with Crippen molar-refractivity contribution in [1.82, 2.24) is 10.3 Å². The molecule has 1 aliphatic carbocycles. The second-order valence-corrected chi connectivity index (χ2v) is 10.5. The summed E-state index contributed by atoms with van der Waals surface area (Å²) in [6.45, 7) is 3.62. The lowest BCUT2D eigenvalue weighted by molar-refractivity contribution is -0.139. The Hall–Kier alpha value is -3.64. The molecule has 2 unspecified atom stereocenters. The van der Waals surface area contributed by atoms with Crippen LogP contribution in [0.15, 0.2) is 56.2 Å². The van der Waals surface area contributed by atoms with Crippen LogP contribution in [0.5, 0.6) is 0 Å². The summed E-state index contributed by atoms with van der Waals surface area (Å²) < 4.78 is 34.0. The molecule has 0 fully saturated rings. The topological polar surface area (TPSA) is 139 Å². The molecular weight excluding hydrogens is 564 g/mol. The summed E-state index contributed by atoms with van der Waals surface area (Å²) in [5, 5.41) is 14.1. The number of nitrogens with two attached hydrogens (primary N) is 1. The van der Waals surface area contributed by atoms with Gasteiger partial charge in [-0.3, -0.25) is 14.8 Å². The molecule has 0 spiro atoms. The highest BCUT2D eigenvalue weighted by atomic mass is 35.5. The lowest BCUT2D eigenvalue weighted by Crippen LogP contribution is -2.38. The van der Waals surface area contributed by atoms with E-state index in [9.17, 15) is 18.4 Å². The number of hydrogen-bond donors (Lipinski definition) is 3. The molecule has 40 heavy (non-hydrogen) atoms. The third-order valence-electron chi connectivity index (χ3n) is 6.68. The number of aliphatic imine (C=N–C) groups is 2. The van der Waals surface area contributed by atoms with Crippen molar-refractivity contribution in [1.29, 1.82) is 0 Å². The maximum Gasteiger partial charge on any atom is 0.338 e. The Morgan fingerprint density at radius 3 is 2.80 bits per heavy atom. The standard InChI is InChI=1S/C27H28ClF2N5O4S/c1-3-39-27(38)20-23(14-4-7-18(31)16(12-14)13(2)32-9-8-19(36)37)34-25(26-33-10-11-40-26)35-24(20)15-5-6-17(29)22(30)21(15)28/h5-6,10-11,14,24H,3-4,7-9,12,31H2,1-2H3,(H,34,35)(H,36,37). The van der Waals surface area contributed by atoms with Gasteiger partial charge in [-0.1, -0.05) is 17.7 Å². The van der Waals surface area contributed by atoms with Crippen molar-refractivity contribution in [3.8, 4) is 0 Å². The van der Waals surface area contributed by atoms with E-state index in [1.165, 1.54) is 17.4 Å². The van der Waals surface area contributed by atoms with Crippen LogP contribution < -0.4 is 11.1 Å². The summed E-state index contributed by atoms with van der Waals surface area (Å²) in [5.41, 5.74) is 9.09. The number of aromatic nitrogens is 1. The maximum atomic E-state index is 14.6. The van der Waals surface area contributed by atoms with Crippen molar-refractivity contribution in [2.75, 3.05) is 13.2 Å². The Morgan fingerprint density at radius 1 is 1.35 bits per heavy atom. The molecule has 1 aromatic heterocycles. The lowest BCUT2D eigenvalue weighted by atomic mass is 9.79. The number of aliphatic carboxylic acids is 1. The molecule has 0 radical (unpaired) electrons. The molecule has 2 aliphatic rings. The van der Waals surface area contributed by atoms with E-state index in [1.807, 2.05) is 0 Å². The van der Waals surface area contributed by atoms with E-state index in [1.54, 1.807) is 25.4 Å². The zero-order valence-electron chi connectivity index (χ0n) is 21.8. The number of ether oxygens (including phenoxy) is 1. The zero-order chi connectivity index (χ0) is 29.0. The van der Waals surface area contributed by atoms with Crippen molar-refractivity contribution in [2.45, 2.75) is 45.6 Å². The second kappa shape index (κ2) is 12.7. The fraction of sp³-hybridized carbons (Fsp3) is 0.370. The fourth-order valence-electron chi connectivity index (χ4n) is 4.75. The average Bonchev–Trinajstić information content (AvgIpc) is 3.46. The number of carboxylic acid groups (broad SMARTS) is 1. The van der Waals surface area contributed by atoms with E-state index in [4.69, 9.17) is 27.2 Å². The maximum absolute atomic E-state index is 14.6. The summed E-state index contributed by atoms with van der Waals surface area (Å²) >= 11 is 7.58. The van der Waals surface area contributed by atoms with Crippen molar-refractivity contribution in [3.63, 3.8) is 0 Å². The van der Waals surface area contributed by atoms with E-state index >= 15 is 0 Å². The monoisotopic (exact) mass is 591 g/mol. The van der Waals surface area contributed by atoms with Gasteiger partial charge in [0.2, 0.25) is 0 Å². The Labute approximate surface area is 238 Å². The average molecular weight is 592 g/mol. The van der Waals surface area contributed by atoms with Gasteiger partial charge in [-0.2, -0.15) is 0 Å². The van der Waals surface area contributed by atoms with Crippen molar-refractivity contribution >= 4 is 46.4 Å². The first kappa shape index (κ1) is 29.3. The molecule has 2 aromatic rings. The Morgan fingerprint density at radius 2 is 2.12 bits per heavy atom. The van der Waals surface area contributed by atoms with Crippen LogP contribution in [0.3, 0.4) is 0 Å². The summed E-state index contributed by atoms with van der Waals surface area (Å²) in [6, 6.07) is 1.15. The Bertz CT molecular complexity index is 1440. The van der Waals surface area contributed by atoms with Crippen LogP contribution in [0.25, 0.3) is 0 Å². The number of nitrogens with one attached hydrogen (secondary N) is 1. The highest BCUT2D eigenvalue weighted by Crippen LogP contribution is 2.42. The predicted molar refractivity (Wildman–Crippen MR) is 148 cm³/mol. The zero-order valence-corrected chi connectivity index (χ0v) is 23.4. The summed E-state index contributed by atoms with van der Waals surface area (Å²) in [6.07, 6.45) is 2.94. The molecule has 13 heteroatoms. The molecule has 0 saturated carbocycles. The van der Waals surface area contributed by atoms with E-state index in [0.717, 1.165) is 11.6 Å². The first-order chi connectivity index (χ1) is 19.1. The molecule has 4 rings (SSSR count). The largest absolute Gasteiger partial charge is 0.481 e. The van der Waals surface area contributed by atoms with Crippen molar-refractivity contribution in [2.24, 2.45) is 21.6 Å². The second-order valence-electron chi connectivity index (χ2n) is 9.21. The van der Waals surface area contributed by atoms with Gasteiger partial charge in [-0.15, -0.1) is 11.3 Å². The first-order valence-corrected chi connectivity index (χ1v) is 13.9. The van der Waals surface area contributed by atoms with Gasteiger partial charge in [0.15, 0.2) is 22.5 Å². The highest BCUT2D eigenvalue weighted by molar-refractivity contribution is 7.11. The number of carbonyl (C=O) groups excluding carboxylic acids is 1. The highest BCUT2D eigenvalue weighted by Gasteiger charge is 2.38. The van der Waals surface area contributed by atoms with E-state index < -0.39 is 34.6 Å². The molecule has 1 aromatic carbocycles. The molecule has 2 atom stereocenters. The van der Waals surface area contributed by atoms with Crippen molar-refractivity contribution < 1.29 is 28.2 Å². The molecule has 212 valence electrons. The van der Waals surface area contributed by atoms with E-state index in [-0.39, 0.29) is 36.6 Å². The normalized spacial score (nSPS) is 19.8. The summed E-state index contributed by atoms with van der Waals surface area (Å²) in [5.74, 6) is -3.93. The molecule has 0 amide bonds. The summed E-state index contributed by atoms with van der Waals surface area (Å²) in [7, 11) is 0. The van der Waals surface area contributed by atoms with Gasteiger partial charge in [0.1, 0.15) is 6.04 Å². The van der Waals surface area contributed by atoms with Gasteiger partial charge in [0, 0.05) is 46.7 Å². The minimum Gasteiger partial charge on any atom is -0.481 e. The number of allylic oxidation sites excluding steroid dienone is 3. The van der Waals surface area contributed by atoms with Gasteiger partial charge < -0.3 is 20.9 Å². The summed E-state index contributed by atoms with van der Waals surface area (Å²) in [4.78, 5) is 37.8. The van der Waals surface area contributed by atoms with Gasteiger partial charge in [0.25, 0.3) is 0 Å². The third kappa shape index (κ3) is 6.23. The molecule has 9 nitrogen and oxygen atoms in total. The minimum atomic E-state index is -1.24. The molecule has 1 aliphatic heterocycles. The first-order valence-electron chi connectivity index (χ1n) is 12.6. The Kier molecular flexibility index (Phi) is 9.31. The SMILES string of the molecule is CCOC(=O)C1=C(C2CCC(N)=C(C(C)=NCCC(=O)O)C2)NC(c2nccs2)=NC1c1ccc(F)c(F)c1Cl. The van der Waals surface area contributed by atoms with Gasteiger partial charge in [0.05, 0.1) is 23.6 Å².